The number of ether oxygens (including phenoxy) is 2. The average Bonchev–Trinajstić information content (AvgIpc) is 2.58. The molecule has 7 nitrogen and oxygen atoms in total. The Balaban J connectivity index is 0. The second-order valence-corrected chi connectivity index (χ2v) is 7.85. The maximum absolute atomic E-state index is 12.2. The molecule has 0 aromatic heterocycles. The van der Waals surface area contributed by atoms with Gasteiger partial charge in [-0.15, -0.1) is 0 Å². The van der Waals surface area contributed by atoms with Crippen molar-refractivity contribution < 1.29 is 61.9 Å². The molecule has 0 heterocycles. The predicted molar refractivity (Wildman–Crippen MR) is 98.5 cm³/mol. The summed E-state index contributed by atoms with van der Waals surface area (Å²) in [6.07, 6.45) is 7.36. The molecule has 0 saturated carbocycles. The third-order valence-electron chi connectivity index (χ3n) is 4.21. The summed E-state index contributed by atoms with van der Waals surface area (Å²) >= 11 is 0. The van der Waals surface area contributed by atoms with E-state index in [0.717, 1.165) is 19.3 Å². The second kappa shape index (κ2) is 16.3. The van der Waals surface area contributed by atoms with Crippen LogP contribution in [-0.4, -0.2) is 48.3 Å². The van der Waals surface area contributed by atoms with Crippen LogP contribution in [0.25, 0.3) is 0 Å². The third-order valence-corrected chi connectivity index (χ3v) is 5.36. The molecule has 156 valence electrons. The van der Waals surface area contributed by atoms with Crippen molar-refractivity contribution in [2.75, 3.05) is 13.2 Å². The number of carbonyl (C=O) groups excluding carboxylic acids is 1. The van der Waals surface area contributed by atoms with Crippen molar-refractivity contribution in [1.82, 2.24) is 0 Å². The van der Waals surface area contributed by atoms with Crippen molar-refractivity contribution in [3.05, 3.63) is 0 Å². The summed E-state index contributed by atoms with van der Waals surface area (Å²) in [6.45, 7) is 4.70. The maximum Gasteiger partial charge on any atom is 1.00 e. The van der Waals surface area contributed by atoms with Gasteiger partial charge in [0.15, 0.2) is 22.0 Å². The van der Waals surface area contributed by atoms with E-state index in [9.17, 15) is 22.9 Å². The molecule has 0 aliphatic rings. The topological polar surface area (TPSA) is 113 Å². The van der Waals surface area contributed by atoms with Crippen molar-refractivity contribution in [1.29, 1.82) is 0 Å². The van der Waals surface area contributed by atoms with Crippen LogP contribution in [0.2, 0.25) is 0 Å². The molecule has 9 heteroatoms. The molecule has 27 heavy (non-hydrogen) atoms. The first-order valence-electron chi connectivity index (χ1n) is 9.70. The first kappa shape index (κ1) is 29.7. The smallest absolute Gasteiger partial charge is 0.744 e. The minimum Gasteiger partial charge on any atom is -0.744 e. The molecule has 0 amide bonds. The van der Waals surface area contributed by atoms with Gasteiger partial charge in [0.25, 0.3) is 5.12 Å². The van der Waals surface area contributed by atoms with E-state index >= 15 is 0 Å². The van der Waals surface area contributed by atoms with E-state index in [1.165, 1.54) is 46.0 Å². The quantitative estimate of drug-likeness (QED) is 0.154. The van der Waals surface area contributed by atoms with Gasteiger partial charge in [-0.25, -0.2) is 8.42 Å². The zero-order valence-electron chi connectivity index (χ0n) is 17.4. The molecule has 0 aromatic carbocycles. The van der Waals surface area contributed by atoms with Crippen molar-refractivity contribution in [2.45, 2.75) is 96.2 Å². The minimum atomic E-state index is -5.21. The van der Waals surface area contributed by atoms with Crippen LogP contribution in [0.1, 0.15) is 85.0 Å². The SMILES string of the molecule is CCCCCCCCCCCC(=O)C(O)C(OCC)(OCC)S(=O)(=O)[O-].[Na+]. The summed E-state index contributed by atoms with van der Waals surface area (Å²) in [5, 5.41) is 7.30. The Bertz CT molecular complexity index is 476. The molecule has 0 saturated heterocycles. The molecule has 1 atom stereocenters. The summed E-state index contributed by atoms with van der Waals surface area (Å²) in [6, 6.07) is 0. The van der Waals surface area contributed by atoms with Gasteiger partial charge < -0.3 is 19.1 Å². The molecule has 0 aliphatic heterocycles. The Morgan fingerprint density at radius 1 is 0.926 bits per heavy atom. The molecule has 1 unspecified atom stereocenters. The number of rotatable bonds is 17. The van der Waals surface area contributed by atoms with Crippen LogP contribution < -0.4 is 29.6 Å². The van der Waals surface area contributed by atoms with Crippen LogP contribution in [0.15, 0.2) is 0 Å². The minimum absolute atomic E-state index is 0. The summed E-state index contributed by atoms with van der Waals surface area (Å²) in [5.74, 6) is -0.755. The molecular weight excluding hydrogens is 383 g/mol. The van der Waals surface area contributed by atoms with Gasteiger partial charge in [0, 0.05) is 19.6 Å². The van der Waals surface area contributed by atoms with E-state index < -0.39 is 27.1 Å². The van der Waals surface area contributed by atoms with Crippen LogP contribution in [0.4, 0.5) is 0 Å². The van der Waals surface area contributed by atoms with Crippen LogP contribution >= 0.6 is 0 Å². The first-order valence-corrected chi connectivity index (χ1v) is 11.1. The van der Waals surface area contributed by atoms with Crippen LogP contribution in [0, 0.1) is 0 Å². The number of Topliss-reactive ketones (excluding diaryl/α,β-unsaturated/α-hetero) is 1. The van der Waals surface area contributed by atoms with Crippen LogP contribution in [-0.2, 0) is 24.4 Å². The van der Waals surface area contributed by atoms with Gasteiger partial charge in [0.1, 0.15) is 0 Å². The number of aliphatic hydroxyl groups excluding tert-OH is 1. The standard InChI is InChI=1S/C18H36O7S.Na/c1-4-7-8-9-10-11-12-13-14-15-16(19)17(20)18(24-5-2,25-6-3)26(21,22)23;/h17,20H,4-15H2,1-3H3,(H,21,22,23);/q;+1/p-1. The van der Waals surface area contributed by atoms with Gasteiger partial charge in [-0.2, -0.15) is 0 Å². The number of hydrogen-bond acceptors (Lipinski definition) is 7. The number of aliphatic hydroxyl groups is 1. The molecule has 0 aromatic rings. The van der Waals surface area contributed by atoms with E-state index in [4.69, 9.17) is 9.47 Å². The summed E-state index contributed by atoms with van der Waals surface area (Å²) in [4.78, 5) is 12.2. The Morgan fingerprint density at radius 2 is 1.33 bits per heavy atom. The molecule has 0 rings (SSSR count). The number of hydrogen-bond donors (Lipinski definition) is 1. The fraction of sp³-hybridized carbons (Fsp3) is 0.944. The predicted octanol–water partition coefficient (Wildman–Crippen LogP) is 0.113. The average molecular weight is 419 g/mol. The van der Waals surface area contributed by atoms with Gasteiger partial charge in [-0.3, -0.25) is 4.79 Å². The van der Waals surface area contributed by atoms with Gasteiger partial charge in [0.2, 0.25) is 0 Å². The molecule has 1 N–H and O–H groups in total. The summed E-state index contributed by atoms with van der Waals surface area (Å²) in [5.41, 5.74) is 0. The second-order valence-electron chi connectivity index (χ2n) is 6.37. The number of carbonyl (C=O) groups is 1. The molecular formula is C18H35NaO7S. The molecule has 0 aliphatic carbocycles. The van der Waals surface area contributed by atoms with E-state index in [2.05, 4.69) is 6.92 Å². The maximum atomic E-state index is 12.2. The Hall–Kier alpha value is 0.460. The molecule has 0 radical (unpaired) electrons. The van der Waals surface area contributed by atoms with Gasteiger partial charge in [-0.05, 0) is 20.3 Å². The van der Waals surface area contributed by atoms with Crippen molar-refractivity contribution in [3.8, 4) is 0 Å². The van der Waals surface area contributed by atoms with Gasteiger partial charge in [0.05, 0.1) is 0 Å². The number of ketones is 1. The van der Waals surface area contributed by atoms with Crippen molar-refractivity contribution in [3.63, 3.8) is 0 Å². The van der Waals surface area contributed by atoms with E-state index in [-0.39, 0.29) is 49.2 Å². The van der Waals surface area contributed by atoms with Crippen LogP contribution in [0.3, 0.4) is 0 Å². The Morgan fingerprint density at radius 3 is 1.70 bits per heavy atom. The fourth-order valence-corrected chi connectivity index (χ4v) is 3.76. The van der Waals surface area contributed by atoms with Crippen molar-refractivity contribution >= 4 is 15.9 Å². The zero-order valence-corrected chi connectivity index (χ0v) is 20.2. The summed E-state index contributed by atoms with van der Waals surface area (Å²) in [7, 11) is -5.21. The van der Waals surface area contributed by atoms with Crippen molar-refractivity contribution in [2.24, 2.45) is 0 Å². The summed E-state index contributed by atoms with van der Waals surface area (Å²) < 4.78 is 44.6. The monoisotopic (exact) mass is 418 g/mol. The Kier molecular flexibility index (Phi) is 17.9. The molecule has 0 spiro atoms. The Labute approximate surface area is 186 Å². The van der Waals surface area contributed by atoms with Gasteiger partial charge in [-0.1, -0.05) is 58.3 Å². The third kappa shape index (κ3) is 10.7. The van der Waals surface area contributed by atoms with Crippen LogP contribution in [0.5, 0.6) is 0 Å². The van der Waals surface area contributed by atoms with Gasteiger partial charge >= 0.3 is 29.6 Å². The largest absolute Gasteiger partial charge is 1.00 e. The molecule has 0 bridgehead atoms. The van der Waals surface area contributed by atoms with E-state index in [1.54, 1.807) is 0 Å². The number of unbranched alkanes of at least 4 members (excludes halogenated alkanes) is 8. The van der Waals surface area contributed by atoms with E-state index in [1.807, 2.05) is 0 Å². The fourth-order valence-electron chi connectivity index (χ4n) is 2.83. The first-order chi connectivity index (χ1) is 12.3. The normalized spacial score (nSPS) is 13.2. The molecule has 0 fully saturated rings. The van der Waals surface area contributed by atoms with E-state index in [0.29, 0.717) is 6.42 Å². The zero-order chi connectivity index (χ0) is 20.1.